The van der Waals surface area contributed by atoms with Gasteiger partial charge in [-0.2, -0.15) is 0 Å². The standard InChI is InChI=1S/C11H15NO2/c1-8(2)11(12-13)9-4-6-10(14-3)7-5-9/h4-8,13H,1-3H3. The predicted molar refractivity (Wildman–Crippen MR) is 56.2 cm³/mol. The van der Waals surface area contributed by atoms with E-state index in [0.717, 1.165) is 11.3 Å². The largest absolute Gasteiger partial charge is 0.497 e. The Balaban J connectivity index is 2.96. The van der Waals surface area contributed by atoms with Gasteiger partial charge in [0.1, 0.15) is 5.75 Å². The second-order valence-electron chi connectivity index (χ2n) is 3.37. The lowest BCUT2D eigenvalue weighted by molar-refractivity contribution is 0.316. The molecular weight excluding hydrogens is 178 g/mol. The first-order valence-electron chi connectivity index (χ1n) is 4.55. The topological polar surface area (TPSA) is 41.8 Å². The van der Waals surface area contributed by atoms with Crippen LogP contribution in [0.3, 0.4) is 0 Å². The van der Waals surface area contributed by atoms with Crippen molar-refractivity contribution < 1.29 is 9.94 Å². The maximum atomic E-state index is 8.83. The second kappa shape index (κ2) is 4.65. The minimum atomic E-state index is 0.202. The Labute approximate surface area is 84.0 Å². The first-order chi connectivity index (χ1) is 6.69. The summed E-state index contributed by atoms with van der Waals surface area (Å²) in [6.07, 6.45) is 0. The van der Waals surface area contributed by atoms with Gasteiger partial charge >= 0.3 is 0 Å². The normalized spacial score (nSPS) is 11.9. The van der Waals surface area contributed by atoms with E-state index in [4.69, 9.17) is 9.94 Å². The molecule has 0 amide bonds. The lowest BCUT2D eigenvalue weighted by atomic mass is 10.0. The van der Waals surface area contributed by atoms with Crippen molar-refractivity contribution in [3.05, 3.63) is 29.8 Å². The third-order valence-electron chi connectivity index (χ3n) is 2.04. The molecule has 0 radical (unpaired) electrons. The summed E-state index contributed by atoms with van der Waals surface area (Å²) in [5, 5.41) is 12.1. The van der Waals surface area contributed by atoms with Crippen LogP contribution in [0.4, 0.5) is 0 Å². The maximum absolute atomic E-state index is 8.83. The third kappa shape index (κ3) is 2.25. The van der Waals surface area contributed by atoms with Crippen LogP contribution in [0.25, 0.3) is 0 Å². The molecule has 14 heavy (non-hydrogen) atoms. The molecule has 0 heterocycles. The number of oxime groups is 1. The Kier molecular flexibility index (Phi) is 3.51. The number of hydrogen-bond acceptors (Lipinski definition) is 3. The maximum Gasteiger partial charge on any atom is 0.118 e. The summed E-state index contributed by atoms with van der Waals surface area (Å²) in [6.45, 7) is 3.97. The molecule has 0 aliphatic carbocycles. The van der Waals surface area contributed by atoms with E-state index in [1.165, 1.54) is 0 Å². The molecule has 3 nitrogen and oxygen atoms in total. The Morgan fingerprint density at radius 2 is 1.86 bits per heavy atom. The molecule has 0 saturated heterocycles. The highest BCUT2D eigenvalue weighted by Crippen LogP contribution is 2.15. The lowest BCUT2D eigenvalue weighted by Crippen LogP contribution is -2.09. The SMILES string of the molecule is COc1ccc(C(=NO)C(C)C)cc1. The molecule has 1 rings (SSSR count). The van der Waals surface area contributed by atoms with Gasteiger partial charge < -0.3 is 9.94 Å². The van der Waals surface area contributed by atoms with Gasteiger partial charge in [-0.3, -0.25) is 0 Å². The first-order valence-corrected chi connectivity index (χ1v) is 4.55. The van der Waals surface area contributed by atoms with Crippen LogP contribution in [0.2, 0.25) is 0 Å². The predicted octanol–water partition coefficient (Wildman–Crippen LogP) is 2.53. The van der Waals surface area contributed by atoms with Crippen LogP contribution in [0.1, 0.15) is 19.4 Å². The molecule has 0 atom stereocenters. The fourth-order valence-electron chi connectivity index (χ4n) is 1.27. The molecule has 0 spiro atoms. The molecule has 1 N–H and O–H groups in total. The Morgan fingerprint density at radius 1 is 1.29 bits per heavy atom. The number of rotatable bonds is 3. The minimum Gasteiger partial charge on any atom is -0.497 e. The summed E-state index contributed by atoms with van der Waals surface area (Å²) in [4.78, 5) is 0. The van der Waals surface area contributed by atoms with Crippen LogP contribution in [-0.2, 0) is 0 Å². The second-order valence-corrected chi connectivity index (χ2v) is 3.37. The number of ether oxygens (including phenoxy) is 1. The summed E-state index contributed by atoms with van der Waals surface area (Å²) >= 11 is 0. The van der Waals surface area contributed by atoms with Crippen molar-refractivity contribution in [3.8, 4) is 5.75 Å². The third-order valence-corrected chi connectivity index (χ3v) is 2.04. The molecular formula is C11H15NO2. The smallest absolute Gasteiger partial charge is 0.118 e. The van der Waals surface area contributed by atoms with Crippen LogP contribution in [0.15, 0.2) is 29.4 Å². The first kappa shape index (κ1) is 10.6. The van der Waals surface area contributed by atoms with Crippen LogP contribution < -0.4 is 4.74 Å². The van der Waals surface area contributed by atoms with Crippen LogP contribution >= 0.6 is 0 Å². The lowest BCUT2D eigenvalue weighted by Gasteiger charge is -2.08. The molecule has 3 heteroatoms. The minimum absolute atomic E-state index is 0.202. The highest BCUT2D eigenvalue weighted by Gasteiger charge is 2.08. The highest BCUT2D eigenvalue weighted by molar-refractivity contribution is 6.01. The van der Waals surface area contributed by atoms with Gasteiger partial charge in [0.05, 0.1) is 12.8 Å². The quantitative estimate of drug-likeness (QED) is 0.455. The zero-order valence-corrected chi connectivity index (χ0v) is 8.69. The number of nitrogens with zero attached hydrogens (tertiary/aromatic N) is 1. The molecule has 0 saturated carbocycles. The zero-order chi connectivity index (χ0) is 10.6. The van der Waals surface area contributed by atoms with Crippen molar-refractivity contribution in [2.45, 2.75) is 13.8 Å². The van der Waals surface area contributed by atoms with E-state index in [9.17, 15) is 0 Å². The fourth-order valence-corrected chi connectivity index (χ4v) is 1.27. The summed E-state index contributed by atoms with van der Waals surface area (Å²) in [5.41, 5.74) is 1.61. The van der Waals surface area contributed by atoms with Gasteiger partial charge in [-0.05, 0) is 35.7 Å². The molecule has 0 fully saturated rings. The number of methoxy groups -OCH3 is 1. The number of benzene rings is 1. The van der Waals surface area contributed by atoms with E-state index in [1.807, 2.05) is 38.1 Å². The van der Waals surface area contributed by atoms with Crippen molar-refractivity contribution in [1.82, 2.24) is 0 Å². The van der Waals surface area contributed by atoms with Gasteiger partial charge in [0.15, 0.2) is 0 Å². The van der Waals surface area contributed by atoms with Crippen molar-refractivity contribution in [1.29, 1.82) is 0 Å². The summed E-state index contributed by atoms with van der Waals surface area (Å²) in [6, 6.07) is 7.47. The molecule has 0 unspecified atom stereocenters. The molecule has 0 aliphatic rings. The van der Waals surface area contributed by atoms with Gasteiger partial charge in [0.2, 0.25) is 0 Å². The molecule has 1 aromatic carbocycles. The fraction of sp³-hybridized carbons (Fsp3) is 0.364. The highest BCUT2D eigenvalue weighted by atomic mass is 16.5. The Morgan fingerprint density at radius 3 is 2.21 bits per heavy atom. The monoisotopic (exact) mass is 193 g/mol. The summed E-state index contributed by atoms with van der Waals surface area (Å²) in [5.74, 6) is 1.00. The molecule has 76 valence electrons. The van der Waals surface area contributed by atoms with E-state index < -0.39 is 0 Å². The van der Waals surface area contributed by atoms with Crippen LogP contribution in [-0.4, -0.2) is 18.0 Å². The molecule has 0 bridgehead atoms. The summed E-state index contributed by atoms with van der Waals surface area (Å²) in [7, 11) is 1.62. The summed E-state index contributed by atoms with van der Waals surface area (Å²) < 4.78 is 5.04. The van der Waals surface area contributed by atoms with Gasteiger partial charge in [0.25, 0.3) is 0 Å². The van der Waals surface area contributed by atoms with Gasteiger partial charge in [-0.15, -0.1) is 0 Å². The molecule has 1 aromatic rings. The zero-order valence-electron chi connectivity index (χ0n) is 8.69. The van der Waals surface area contributed by atoms with E-state index >= 15 is 0 Å². The van der Waals surface area contributed by atoms with Crippen molar-refractivity contribution in [2.75, 3.05) is 7.11 Å². The van der Waals surface area contributed by atoms with Crippen LogP contribution in [0.5, 0.6) is 5.75 Å². The van der Waals surface area contributed by atoms with Gasteiger partial charge in [-0.1, -0.05) is 19.0 Å². The Bertz CT molecular complexity index is 315. The van der Waals surface area contributed by atoms with Crippen molar-refractivity contribution >= 4 is 5.71 Å². The van der Waals surface area contributed by atoms with Gasteiger partial charge in [-0.25, -0.2) is 0 Å². The average Bonchev–Trinajstić information content (AvgIpc) is 2.19. The van der Waals surface area contributed by atoms with E-state index in [-0.39, 0.29) is 5.92 Å². The molecule has 0 aromatic heterocycles. The number of hydrogen-bond donors (Lipinski definition) is 1. The van der Waals surface area contributed by atoms with E-state index in [0.29, 0.717) is 5.71 Å². The van der Waals surface area contributed by atoms with Crippen molar-refractivity contribution in [2.24, 2.45) is 11.1 Å². The molecule has 0 aliphatic heterocycles. The van der Waals surface area contributed by atoms with E-state index in [1.54, 1.807) is 7.11 Å². The Hall–Kier alpha value is -1.51. The van der Waals surface area contributed by atoms with Gasteiger partial charge in [0, 0.05) is 0 Å². The van der Waals surface area contributed by atoms with Crippen molar-refractivity contribution in [3.63, 3.8) is 0 Å². The van der Waals surface area contributed by atoms with Crippen LogP contribution in [0, 0.1) is 5.92 Å². The average molecular weight is 193 g/mol. The van der Waals surface area contributed by atoms with E-state index in [2.05, 4.69) is 5.16 Å².